The van der Waals surface area contributed by atoms with Crippen molar-refractivity contribution in [3.63, 3.8) is 0 Å². The smallest absolute Gasteiger partial charge is 0.243 e. The summed E-state index contributed by atoms with van der Waals surface area (Å²) in [5.41, 5.74) is 3.97. The molecule has 5 nitrogen and oxygen atoms in total. The number of nitrogens with zero attached hydrogens (tertiary/aromatic N) is 1. The molecule has 0 heterocycles. The Hall–Kier alpha value is -3.60. The van der Waals surface area contributed by atoms with E-state index in [1.54, 1.807) is 12.0 Å². The lowest BCUT2D eigenvalue weighted by molar-refractivity contribution is -0.140. The molecule has 0 aliphatic rings. The molecule has 3 aromatic rings. The van der Waals surface area contributed by atoms with Gasteiger partial charge in [-0.25, -0.2) is 0 Å². The Kier molecular flexibility index (Phi) is 9.91. The van der Waals surface area contributed by atoms with Gasteiger partial charge in [-0.3, -0.25) is 9.59 Å². The Labute approximate surface area is 209 Å². The fourth-order valence-corrected chi connectivity index (χ4v) is 4.10. The average Bonchev–Trinajstić information content (AvgIpc) is 2.88. The third-order valence-electron chi connectivity index (χ3n) is 6.19. The summed E-state index contributed by atoms with van der Waals surface area (Å²) in [7, 11) is 1.62. The van der Waals surface area contributed by atoms with Gasteiger partial charge in [-0.1, -0.05) is 80.1 Å². The minimum absolute atomic E-state index is 0.0753. The first-order chi connectivity index (χ1) is 17.0. The van der Waals surface area contributed by atoms with Crippen LogP contribution < -0.4 is 10.1 Å². The van der Waals surface area contributed by atoms with Crippen LogP contribution in [0.5, 0.6) is 5.75 Å². The van der Waals surface area contributed by atoms with Crippen LogP contribution in [0.2, 0.25) is 0 Å². The number of methoxy groups -OCH3 is 1. The number of amides is 2. The van der Waals surface area contributed by atoms with E-state index >= 15 is 0 Å². The molecule has 35 heavy (non-hydrogen) atoms. The zero-order chi connectivity index (χ0) is 25.0. The van der Waals surface area contributed by atoms with E-state index in [9.17, 15) is 9.59 Å². The normalized spacial score (nSPS) is 11.5. The highest BCUT2D eigenvalue weighted by Crippen LogP contribution is 2.20. The van der Waals surface area contributed by atoms with Crippen LogP contribution in [-0.2, 0) is 29.0 Å². The Morgan fingerprint density at radius 1 is 0.943 bits per heavy atom. The van der Waals surface area contributed by atoms with E-state index in [0.717, 1.165) is 40.8 Å². The van der Waals surface area contributed by atoms with Gasteiger partial charge in [0.05, 0.1) is 13.5 Å². The van der Waals surface area contributed by atoms with Crippen molar-refractivity contribution in [2.24, 2.45) is 0 Å². The van der Waals surface area contributed by atoms with Crippen molar-refractivity contribution < 1.29 is 14.3 Å². The van der Waals surface area contributed by atoms with Crippen LogP contribution in [0.25, 0.3) is 0 Å². The maximum atomic E-state index is 13.8. The van der Waals surface area contributed by atoms with E-state index in [2.05, 4.69) is 12.2 Å². The van der Waals surface area contributed by atoms with Crippen LogP contribution in [0.1, 0.15) is 42.0 Å². The standard InChI is InChI=1S/C30H36N2O3/c1-4-5-18-31-30(34)28(20-24-13-7-6-8-14-24)32(22-25-15-11-17-27(19-25)35-3)29(33)21-26-16-10-9-12-23(26)2/h6-17,19,28H,4-5,18,20-22H2,1-3H3,(H,31,34)/t28-/m0/s1. The number of unbranched alkanes of at least 4 members (excludes halogenated alkanes) is 1. The van der Waals surface area contributed by atoms with Crippen LogP contribution in [0.15, 0.2) is 78.9 Å². The first kappa shape index (κ1) is 26.0. The number of hydrogen-bond acceptors (Lipinski definition) is 3. The molecule has 0 aromatic heterocycles. The van der Waals surface area contributed by atoms with Crippen LogP contribution in [0, 0.1) is 6.92 Å². The third kappa shape index (κ3) is 7.71. The predicted octanol–water partition coefficient (Wildman–Crippen LogP) is 5.10. The third-order valence-corrected chi connectivity index (χ3v) is 6.19. The van der Waals surface area contributed by atoms with E-state index in [4.69, 9.17) is 4.74 Å². The summed E-state index contributed by atoms with van der Waals surface area (Å²) in [5, 5.41) is 3.07. The summed E-state index contributed by atoms with van der Waals surface area (Å²) in [6.07, 6.45) is 2.58. The van der Waals surface area contributed by atoms with E-state index in [0.29, 0.717) is 19.5 Å². The molecule has 0 radical (unpaired) electrons. The van der Waals surface area contributed by atoms with Gasteiger partial charge in [-0.15, -0.1) is 0 Å². The van der Waals surface area contributed by atoms with E-state index < -0.39 is 6.04 Å². The molecule has 0 saturated carbocycles. The number of carbonyl (C=O) groups excluding carboxylic acids is 2. The molecule has 5 heteroatoms. The highest BCUT2D eigenvalue weighted by atomic mass is 16.5. The predicted molar refractivity (Wildman–Crippen MR) is 140 cm³/mol. The number of aryl methyl sites for hydroxylation is 1. The fourth-order valence-electron chi connectivity index (χ4n) is 4.10. The molecule has 0 unspecified atom stereocenters. The van der Waals surface area contributed by atoms with Crippen molar-refractivity contribution in [3.8, 4) is 5.75 Å². The number of hydrogen-bond donors (Lipinski definition) is 1. The largest absolute Gasteiger partial charge is 0.497 e. The molecular weight excluding hydrogens is 436 g/mol. The lowest BCUT2D eigenvalue weighted by Crippen LogP contribution is -2.51. The maximum absolute atomic E-state index is 13.8. The molecule has 2 amide bonds. The van der Waals surface area contributed by atoms with Crippen molar-refractivity contribution in [2.75, 3.05) is 13.7 Å². The van der Waals surface area contributed by atoms with Crippen molar-refractivity contribution in [3.05, 3.63) is 101 Å². The Morgan fingerprint density at radius 3 is 2.37 bits per heavy atom. The van der Waals surface area contributed by atoms with Crippen LogP contribution >= 0.6 is 0 Å². The van der Waals surface area contributed by atoms with Crippen molar-refractivity contribution >= 4 is 11.8 Å². The minimum atomic E-state index is -0.628. The molecule has 0 bridgehead atoms. The van der Waals surface area contributed by atoms with E-state index in [1.807, 2.05) is 85.8 Å². The molecule has 3 aromatic carbocycles. The summed E-state index contributed by atoms with van der Waals surface area (Å²) >= 11 is 0. The van der Waals surface area contributed by atoms with Gasteiger partial charge >= 0.3 is 0 Å². The average molecular weight is 473 g/mol. The molecule has 0 spiro atoms. The highest BCUT2D eigenvalue weighted by molar-refractivity contribution is 5.89. The Bertz CT molecular complexity index is 1100. The molecule has 3 rings (SSSR count). The van der Waals surface area contributed by atoms with Gasteiger partial charge in [0.25, 0.3) is 0 Å². The van der Waals surface area contributed by atoms with Crippen LogP contribution in [0.4, 0.5) is 0 Å². The maximum Gasteiger partial charge on any atom is 0.243 e. The number of rotatable bonds is 12. The van der Waals surface area contributed by atoms with E-state index in [1.165, 1.54) is 0 Å². The van der Waals surface area contributed by atoms with Gasteiger partial charge in [-0.2, -0.15) is 0 Å². The number of ether oxygens (including phenoxy) is 1. The van der Waals surface area contributed by atoms with Gasteiger partial charge in [0, 0.05) is 19.5 Å². The second-order valence-corrected chi connectivity index (χ2v) is 8.83. The molecule has 0 aliphatic carbocycles. The first-order valence-corrected chi connectivity index (χ1v) is 12.3. The molecular formula is C30H36N2O3. The lowest BCUT2D eigenvalue weighted by atomic mass is 10.00. The topological polar surface area (TPSA) is 58.6 Å². The zero-order valence-corrected chi connectivity index (χ0v) is 21.0. The molecule has 0 saturated heterocycles. The summed E-state index contributed by atoms with van der Waals surface area (Å²) in [4.78, 5) is 29.0. The van der Waals surface area contributed by atoms with Gasteiger partial charge in [0.15, 0.2) is 0 Å². The fraction of sp³-hybridized carbons (Fsp3) is 0.333. The minimum Gasteiger partial charge on any atom is -0.497 e. The molecule has 0 aliphatic heterocycles. The Balaban J connectivity index is 1.96. The SMILES string of the molecule is CCCCNC(=O)[C@H](Cc1ccccc1)N(Cc1cccc(OC)c1)C(=O)Cc1ccccc1C. The van der Waals surface area contributed by atoms with Gasteiger partial charge in [0.1, 0.15) is 11.8 Å². The summed E-state index contributed by atoms with van der Waals surface area (Å²) < 4.78 is 5.39. The molecule has 1 N–H and O–H groups in total. The monoisotopic (exact) mass is 472 g/mol. The highest BCUT2D eigenvalue weighted by Gasteiger charge is 2.30. The second kappa shape index (κ2) is 13.3. The lowest BCUT2D eigenvalue weighted by Gasteiger charge is -2.32. The van der Waals surface area contributed by atoms with Gasteiger partial charge in [0.2, 0.25) is 11.8 Å². The molecule has 1 atom stereocenters. The van der Waals surface area contributed by atoms with Crippen molar-refractivity contribution in [2.45, 2.75) is 52.1 Å². The van der Waals surface area contributed by atoms with Crippen LogP contribution in [0.3, 0.4) is 0 Å². The van der Waals surface area contributed by atoms with Gasteiger partial charge in [-0.05, 0) is 47.7 Å². The first-order valence-electron chi connectivity index (χ1n) is 12.3. The van der Waals surface area contributed by atoms with Crippen molar-refractivity contribution in [1.82, 2.24) is 10.2 Å². The zero-order valence-electron chi connectivity index (χ0n) is 21.0. The van der Waals surface area contributed by atoms with Crippen LogP contribution in [-0.4, -0.2) is 36.4 Å². The number of benzene rings is 3. The van der Waals surface area contributed by atoms with Crippen molar-refractivity contribution in [1.29, 1.82) is 0 Å². The number of carbonyl (C=O) groups is 2. The molecule has 184 valence electrons. The summed E-state index contributed by atoms with van der Waals surface area (Å²) in [5.74, 6) is 0.526. The van der Waals surface area contributed by atoms with Gasteiger partial charge < -0.3 is 15.0 Å². The Morgan fingerprint density at radius 2 is 1.66 bits per heavy atom. The van der Waals surface area contributed by atoms with E-state index in [-0.39, 0.29) is 18.2 Å². The second-order valence-electron chi connectivity index (χ2n) is 8.83. The number of nitrogens with one attached hydrogen (secondary N) is 1. The summed E-state index contributed by atoms with van der Waals surface area (Å²) in [6.45, 7) is 5.02. The summed E-state index contributed by atoms with van der Waals surface area (Å²) in [6, 6.07) is 24.8. The quantitative estimate of drug-likeness (QED) is 0.373. The molecule has 0 fully saturated rings.